The zero-order chi connectivity index (χ0) is 15.8. The summed E-state index contributed by atoms with van der Waals surface area (Å²) >= 11 is 5.89. The molecule has 3 heteroatoms. The largest absolute Gasteiger partial charge is 0.388 e. The summed E-state index contributed by atoms with van der Waals surface area (Å²) in [5.74, 6) is 0.651. The third-order valence-electron chi connectivity index (χ3n) is 4.00. The van der Waals surface area contributed by atoms with E-state index in [-0.39, 0.29) is 0 Å². The van der Waals surface area contributed by atoms with E-state index in [4.69, 9.17) is 11.6 Å². The Labute approximate surface area is 135 Å². The fourth-order valence-corrected chi connectivity index (χ4v) is 2.96. The summed E-state index contributed by atoms with van der Waals surface area (Å²) in [6.45, 7) is 11.0. The average molecular weight is 312 g/mol. The minimum Gasteiger partial charge on any atom is -0.388 e. The van der Waals surface area contributed by atoms with E-state index in [1.54, 1.807) is 0 Å². The molecule has 1 rings (SSSR count). The lowest BCUT2D eigenvalue weighted by Gasteiger charge is -2.32. The summed E-state index contributed by atoms with van der Waals surface area (Å²) in [5, 5.41) is 11.1. The van der Waals surface area contributed by atoms with Crippen molar-refractivity contribution in [2.75, 3.05) is 13.1 Å². The number of hydrogen-bond donors (Lipinski definition) is 1. The molecule has 0 fully saturated rings. The topological polar surface area (TPSA) is 23.5 Å². The average Bonchev–Trinajstić information content (AvgIpc) is 2.45. The molecule has 21 heavy (non-hydrogen) atoms. The third-order valence-corrected chi connectivity index (χ3v) is 4.26. The van der Waals surface area contributed by atoms with Crippen molar-refractivity contribution in [2.24, 2.45) is 5.92 Å². The SMILES string of the molecule is CCC(CC)N(CCC(O)c1ccc(Cl)cc1)CC(C)C. The zero-order valence-electron chi connectivity index (χ0n) is 13.8. The van der Waals surface area contributed by atoms with Gasteiger partial charge in [0.05, 0.1) is 6.10 Å². The van der Waals surface area contributed by atoms with Gasteiger partial charge in [-0.2, -0.15) is 0 Å². The lowest BCUT2D eigenvalue weighted by molar-refractivity contribution is 0.111. The zero-order valence-corrected chi connectivity index (χ0v) is 14.6. The highest BCUT2D eigenvalue weighted by Crippen LogP contribution is 2.21. The Hall–Kier alpha value is -0.570. The monoisotopic (exact) mass is 311 g/mol. The van der Waals surface area contributed by atoms with Crippen molar-refractivity contribution >= 4 is 11.6 Å². The van der Waals surface area contributed by atoms with Crippen LogP contribution in [0.5, 0.6) is 0 Å². The van der Waals surface area contributed by atoms with Gasteiger partial charge in [-0.3, -0.25) is 0 Å². The summed E-state index contributed by atoms with van der Waals surface area (Å²) in [6.07, 6.45) is 2.69. The number of nitrogens with zero attached hydrogens (tertiary/aromatic N) is 1. The van der Waals surface area contributed by atoms with Gasteiger partial charge in [0, 0.05) is 24.2 Å². The first-order valence-electron chi connectivity index (χ1n) is 8.15. The van der Waals surface area contributed by atoms with Crippen molar-refractivity contribution in [2.45, 2.75) is 59.1 Å². The van der Waals surface area contributed by atoms with Gasteiger partial charge in [-0.1, -0.05) is 51.4 Å². The van der Waals surface area contributed by atoms with Crippen LogP contribution >= 0.6 is 11.6 Å². The Morgan fingerprint density at radius 3 is 2.14 bits per heavy atom. The Kier molecular flexibility index (Phi) is 8.31. The number of hydrogen-bond acceptors (Lipinski definition) is 2. The molecule has 0 heterocycles. The summed E-state index contributed by atoms with van der Waals surface area (Å²) in [4.78, 5) is 2.53. The van der Waals surface area contributed by atoms with Crippen LogP contribution in [0, 0.1) is 5.92 Å². The molecule has 0 aromatic heterocycles. The summed E-state index contributed by atoms with van der Waals surface area (Å²) in [6, 6.07) is 8.12. The Morgan fingerprint density at radius 2 is 1.67 bits per heavy atom. The highest BCUT2D eigenvalue weighted by Gasteiger charge is 2.18. The predicted octanol–water partition coefficient (Wildman–Crippen LogP) is 4.91. The molecular formula is C18H30ClNO. The van der Waals surface area contributed by atoms with Crippen LogP contribution in [0.15, 0.2) is 24.3 Å². The van der Waals surface area contributed by atoms with Crippen LogP contribution in [0.1, 0.15) is 58.6 Å². The normalized spacial score (nSPS) is 13.4. The van der Waals surface area contributed by atoms with Crippen molar-refractivity contribution in [3.63, 3.8) is 0 Å². The number of aliphatic hydroxyl groups is 1. The molecule has 0 bridgehead atoms. The molecule has 1 aromatic carbocycles. The van der Waals surface area contributed by atoms with Gasteiger partial charge in [-0.05, 0) is 42.9 Å². The second-order valence-electron chi connectivity index (χ2n) is 6.22. The maximum absolute atomic E-state index is 10.4. The highest BCUT2D eigenvalue weighted by atomic mass is 35.5. The quantitative estimate of drug-likeness (QED) is 0.700. The molecule has 1 unspecified atom stereocenters. The lowest BCUT2D eigenvalue weighted by Crippen LogP contribution is -2.38. The van der Waals surface area contributed by atoms with Crippen LogP contribution in [0.3, 0.4) is 0 Å². The van der Waals surface area contributed by atoms with Crippen molar-refractivity contribution in [1.82, 2.24) is 4.90 Å². The van der Waals surface area contributed by atoms with Gasteiger partial charge < -0.3 is 10.0 Å². The summed E-state index contributed by atoms with van der Waals surface area (Å²) < 4.78 is 0. The first-order valence-corrected chi connectivity index (χ1v) is 8.53. The molecule has 0 saturated heterocycles. The van der Waals surface area contributed by atoms with E-state index in [1.165, 1.54) is 12.8 Å². The molecule has 120 valence electrons. The predicted molar refractivity (Wildman–Crippen MR) is 91.8 cm³/mol. The van der Waals surface area contributed by atoms with Crippen LogP contribution in [0.25, 0.3) is 0 Å². The third kappa shape index (κ3) is 6.37. The summed E-state index contributed by atoms with van der Waals surface area (Å²) in [7, 11) is 0. The van der Waals surface area contributed by atoms with Crippen LogP contribution in [-0.2, 0) is 0 Å². The van der Waals surface area contributed by atoms with E-state index in [9.17, 15) is 5.11 Å². The molecule has 0 aliphatic carbocycles. The van der Waals surface area contributed by atoms with Crippen LogP contribution in [0.2, 0.25) is 5.02 Å². The van der Waals surface area contributed by atoms with Gasteiger partial charge in [-0.15, -0.1) is 0 Å². The van der Waals surface area contributed by atoms with Gasteiger partial charge in [0.2, 0.25) is 0 Å². The molecule has 0 aliphatic rings. The van der Waals surface area contributed by atoms with Gasteiger partial charge in [0.25, 0.3) is 0 Å². The van der Waals surface area contributed by atoms with E-state index >= 15 is 0 Å². The van der Waals surface area contributed by atoms with Gasteiger partial charge in [-0.25, -0.2) is 0 Å². The smallest absolute Gasteiger partial charge is 0.0802 e. The maximum Gasteiger partial charge on any atom is 0.0802 e. The van der Waals surface area contributed by atoms with Crippen molar-refractivity contribution < 1.29 is 5.11 Å². The first kappa shape index (κ1) is 18.5. The van der Waals surface area contributed by atoms with E-state index in [2.05, 4.69) is 32.6 Å². The molecular weight excluding hydrogens is 282 g/mol. The van der Waals surface area contributed by atoms with Crippen molar-refractivity contribution in [1.29, 1.82) is 0 Å². The fraction of sp³-hybridized carbons (Fsp3) is 0.667. The highest BCUT2D eigenvalue weighted by molar-refractivity contribution is 6.30. The van der Waals surface area contributed by atoms with Crippen LogP contribution in [-0.4, -0.2) is 29.1 Å². The minimum atomic E-state index is -0.411. The number of aliphatic hydroxyl groups excluding tert-OH is 1. The molecule has 0 radical (unpaired) electrons. The van der Waals surface area contributed by atoms with E-state index in [1.807, 2.05) is 24.3 Å². The van der Waals surface area contributed by atoms with Crippen molar-refractivity contribution in [3.8, 4) is 0 Å². The molecule has 1 atom stereocenters. The minimum absolute atomic E-state index is 0.411. The van der Waals surface area contributed by atoms with Gasteiger partial charge >= 0.3 is 0 Å². The Balaban J connectivity index is 2.60. The standard InChI is InChI=1S/C18H30ClNO/c1-5-17(6-2)20(13-14(3)4)12-11-18(21)15-7-9-16(19)10-8-15/h7-10,14,17-18,21H,5-6,11-13H2,1-4H3. The van der Waals surface area contributed by atoms with Crippen LogP contribution in [0.4, 0.5) is 0 Å². The second-order valence-corrected chi connectivity index (χ2v) is 6.65. The molecule has 1 N–H and O–H groups in total. The van der Waals surface area contributed by atoms with Gasteiger partial charge in [0.15, 0.2) is 0 Å². The van der Waals surface area contributed by atoms with E-state index < -0.39 is 6.10 Å². The molecule has 0 amide bonds. The molecule has 2 nitrogen and oxygen atoms in total. The number of benzene rings is 1. The summed E-state index contributed by atoms with van der Waals surface area (Å²) in [5.41, 5.74) is 0.952. The van der Waals surface area contributed by atoms with Gasteiger partial charge in [0.1, 0.15) is 0 Å². The second kappa shape index (κ2) is 9.45. The van der Waals surface area contributed by atoms with E-state index in [0.717, 1.165) is 25.1 Å². The molecule has 0 aliphatic heterocycles. The van der Waals surface area contributed by atoms with Crippen LogP contribution < -0.4 is 0 Å². The molecule has 0 spiro atoms. The number of rotatable bonds is 9. The first-order chi connectivity index (χ1) is 9.97. The Bertz CT molecular complexity index is 387. The van der Waals surface area contributed by atoms with Crippen molar-refractivity contribution in [3.05, 3.63) is 34.9 Å². The molecule has 1 aromatic rings. The maximum atomic E-state index is 10.4. The number of halogens is 1. The molecule has 0 saturated carbocycles. The lowest BCUT2D eigenvalue weighted by atomic mass is 10.0. The fourth-order valence-electron chi connectivity index (χ4n) is 2.84. The van der Waals surface area contributed by atoms with E-state index in [0.29, 0.717) is 17.0 Å². The Morgan fingerprint density at radius 1 is 1.10 bits per heavy atom.